The molecule has 0 radical (unpaired) electrons. The molecule has 0 aliphatic carbocycles. The Morgan fingerprint density at radius 1 is 1.05 bits per heavy atom. The first kappa shape index (κ1) is 25.5. The topological polar surface area (TPSA) is 84.5 Å². The van der Waals surface area contributed by atoms with Crippen molar-refractivity contribution in [3.63, 3.8) is 0 Å². The van der Waals surface area contributed by atoms with Gasteiger partial charge in [0.15, 0.2) is 0 Å². The van der Waals surface area contributed by atoms with Gasteiger partial charge in [-0.1, -0.05) is 66.7 Å². The summed E-state index contributed by atoms with van der Waals surface area (Å²) in [6.07, 6.45) is 0.662. The molecule has 5 rings (SSSR count). The third-order valence-electron chi connectivity index (χ3n) is 6.89. The first-order valence-electron chi connectivity index (χ1n) is 12.9. The third kappa shape index (κ3) is 5.14. The van der Waals surface area contributed by atoms with E-state index in [9.17, 15) is 9.59 Å². The van der Waals surface area contributed by atoms with Gasteiger partial charge in [0.05, 0.1) is 18.5 Å². The van der Waals surface area contributed by atoms with Crippen LogP contribution in [0.25, 0.3) is 11.0 Å². The number of nitrogens with zero attached hydrogens (tertiary/aromatic N) is 2. The Hall–Kier alpha value is -4.13. The molecule has 0 saturated carbocycles. The molecule has 1 aliphatic heterocycles. The van der Waals surface area contributed by atoms with Gasteiger partial charge in [0.1, 0.15) is 22.7 Å². The number of carbonyl (C=O) groups excluding carboxylic acids is 2. The van der Waals surface area contributed by atoms with Crippen LogP contribution in [-0.4, -0.2) is 46.1 Å². The summed E-state index contributed by atoms with van der Waals surface area (Å²) in [5, 5.41) is 0. The van der Waals surface area contributed by atoms with Crippen molar-refractivity contribution < 1.29 is 19.1 Å². The van der Waals surface area contributed by atoms with Crippen molar-refractivity contribution in [3.05, 3.63) is 95.3 Å². The number of hydrogen-bond donors (Lipinski definition) is 1. The summed E-state index contributed by atoms with van der Waals surface area (Å²) in [6, 6.07) is 24.4. The second-order valence-electron chi connectivity index (χ2n) is 10.7. The number of H-pyrrole nitrogens is 1. The highest BCUT2D eigenvalue weighted by atomic mass is 16.6. The lowest BCUT2D eigenvalue weighted by atomic mass is 9.91. The molecule has 7 heteroatoms. The summed E-state index contributed by atoms with van der Waals surface area (Å²) in [5.41, 5.74) is 3.89. The second kappa shape index (κ2) is 10.3. The highest BCUT2D eigenvalue weighted by Gasteiger charge is 2.40. The van der Waals surface area contributed by atoms with E-state index in [-0.39, 0.29) is 11.8 Å². The number of imidazole rings is 1. The minimum absolute atomic E-state index is 0.0268. The third-order valence-corrected chi connectivity index (χ3v) is 6.89. The lowest BCUT2D eigenvalue weighted by Gasteiger charge is -2.23. The number of hydrogen-bond acceptors (Lipinski definition) is 5. The van der Waals surface area contributed by atoms with Crippen LogP contribution >= 0.6 is 0 Å². The Balaban J connectivity index is 1.55. The van der Waals surface area contributed by atoms with Gasteiger partial charge >= 0.3 is 6.09 Å². The molecule has 0 spiro atoms. The van der Waals surface area contributed by atoms with Gasteiger partial charge < -0.3 is 14.5 Å². The number of carbonyl (C=O) groups is 2. The minimum atomic E-state index is -0.675. The van der Waals surface area contributed by atoms with E-state index < -0.39 is 17.6 Å². The fourth-order valence-corrected chi connectivity index (χ4v) is 5.10. The normalized spacial score (nSPS) is 16.6. The smallest absolute Gasteiger partial charge is 0.417 e. The van der Waals surface area contributed by atoms with Crippen LogP contribution in [0.2, 0.25) is 0 Å². The van der Waals surface area contributed by atoms with Gasteiger partial charge in [-0.2, -0.15) is 0 Å². The SMILES string of the molecule is COc1ccc(C2CCN(C(=O)OC(C)(C)C)C2=O)c2nc(C(Cc3ccccc3)c3ccccc3)[nH]c12. The number of amides is 2. The summed E-state index contributed by atoms with van der Waals surface area (Å²) in [6.45, 7) is 5.68. The van der Waals surface area contributed by atoms with Gasteiger partial charge in [-0.25, -0.2) is 14.7 Å². The van der Waals surface area contributed by atoms with Crippen LogP contribution in [0.3, 0.4) is 0 Å². The number of methoxy groups -OCH3 is 1. The van der Waals surface area contributed by atoms with Crippen molar-refractivity contribution in [2.24, 2.45) is 0 Å². The van der Waals surface area contributed by atoms with Gasteiger partial charge in [-0.3, -0.25) is 4.79 Å². The van der Waals surface area contributed by atoms with Crippen LogP contribution in [-0.2, 0) is 16.0 Å². The zero-order chi connectivity index (χ0) is 26.9. The van der Waals surface area contributed by atoms with E-state index in [1.54, 1.807) is 27.9 Å². The van der Waals surface area contributed by atoms with Crippen LogP contribution in [0, 0.1) is 0 Å². The molecule has 1 aromatic heterocycles. The maximum Gasteiger partial charge on any atom is 0.417 e. The van der Waals surface area contributed by atoms with E-state index in [0.717, 1.165) is 28.9 Å². The lowest BCUT2D eigenvalue weighted by Crippen LogP contribution is -2.38. The molecule has 2 atom stereocenters. The van der Waals surface area contributed by atoms with Crippen LogP contribution in [0.15, 0.2) is 72.8 Å². The summed E-state index contributed by atoms with van der Waals surface area (Å²) in [5.74, 6) is 0.676. The number of likely N-dealkylation sites (tertiary alicyclic amines) is 1. The zero-order valence-corrected chi connectivity index (χ0v) is 22.2. The molecular weight excluding hydrogens is 478 g/mol. The van der Waals surface area contributed by atoms with Crippen LogP contribution in [0.1, 0.15) is 61.5 Å². The molecule has 196 valence electrons. The molecule has 0 bridgehead atoms. The molecule has 4 aromatic rings. The Morgan fingerprint density at radius 3 is 2.39 bits per heavy atom. The largest absolute Gasteiger partial charge is 0.494 e. The van der Waals surface area contributed by atoms with Gasteiger partial charge in [-0.15, -0.1) is 0 Å². The van der Waals surface area contributed by atoms with Gasteiger partial charge in [0.25, 0.3) is 0 Å². The molecule has 1 saturated heterocycles. The number of aromatic nitrogens is 2. The Bertz CT molecular complexity index is 1440. The summed E-state index contributed by atoms with van der Waals surface area (Å²) >= 11 is 0. The molecular formula is C31H33N3O4. The van der Waals surface area contributed by atoms with E-state index >= 15 is 0 Å². The number of benzene rings is 3. The van der Waals surface area contributed by atoms with Gasteiger partial charge in [0, 0.05) is 12.5 Å². The average molecular weight is 512 g/mol. The fourth-order valence-electron chi connectivity index (χ4n) is 5.10. The first-order chi connectivity index (χ1) is 18.2. The van der Waals surface area contributed by atoms with Gasteiger partial charge in [0.2, 0.25) is 5.91 Å². The van der Waals surface area contributed by atoms with Gasteiger partial charge in [-0.05, 0) is 56.4 Å². The van der Waals surface area contributed by atoms with E-state index in [0.29, 0.717) is 24.2 Å². The van der Waals surface area contributed by atoms with E-state index in [1.807, 2.05) is 48.5 Å². The molecule has 3 aromatic carbocycles. The van der Waals surface area contributed by atoms with Crippen LogP contribution in [0.5, 0.6) is 5.75 Å². The van der Waals surface area contributed by atoms with Crippen molar-refractivity contribution in [1.29, 1.82) is 0 Å². The molecule has 1 aliphatic rings. The highest BCUT2D eigenvalue weighted by Crippen LogP contribution is 2.38. The van der Waals surface area contributed by atoms with Crippen LogP contribution < -0.4 is 4.74 Å². The molecule has 2 amide bonds. The maximum atomic E-state index is 13.4. The predicted octanol–water partition coefficient (Wildman–Crippen LogP) is 6.20. The van der Waals surface area contributed by atoms with E-state index in [1.165, 1.54) is 10.5 Å². The Kier molecular flexibility index (Phi) is 6.93. The average Bonchev–Trinajstić information content (AvgIpc) is 3.51. The predicted molar refractivity (Wildman–Crippen MR) is 146 cm³/mol. The molecule has 1 N–H and O–H groups in total. The summed E-state index contributed by atoms with van der Waals surface area (Å²) < 4.78 is 11.1. The number of rotatable bonds is 6. The van der Waals surface area contributed by atoms with E-state index in [2.05, 4.69) is 29.2 Å². The first-order valence-corrected chi connectivity index (χ1v) is 12.9. The van der Waals surface area contributed by atoms with Crippen molar-refractivity contribution in [1.82, 2.24) is 14.9 Å². The minimum Gasteiger partial charge on any atom is -0.494 e. The van der Waals surface area contributed by atoms with Crippen molar-refractivity contribution in [2.45, 2.75) is 51.0 Å². The highest BCUT2D eigenvalue weighted by molar-refractivity contribution is 6.00. The second-order valence-corrected chi connectivity index (χ2v) is 10.7. The molecule has 2 heterocycles. The van der Waals surface area contributed by atoms with Crippen molar-refractivity contribution in [3.8, 4) is 5.75 Å². The monoisotopic (exact) mass is 511 g/mol. The number of imide groups is 1. The Labute approximate surface area is 222 Å². The molecule has 38 heavy (non-hydrogen) atoms. The standard InChI is InChI=1S/C31H33N3O4/c1-31(2,3)38-30(36)34-18-17-23(29(34)35)22-15-16-25(37-4)27-26(22)32-28(33-27)24(21-13-9-6-10-14-21)19-20-11-7-5-8-12-20/h5-16,23-24H,17-19H2,1-4H3,(H,32,33). The maximum absolute atomic E-state index is 13.4. The number of ether oxygens (including phenoxy) is 2. The molecule has 1 fully saturated rings. The van der Waals surface area contributed by atoms with Crippen molar-refractivity contribution >= 4 is 23.0 Å². The molecule has 7 nitrogen and oxygen atoms in total. The summed E-state index contributed by atoms with van der Waals surface area (Å²) in [7, 11) is 1.62. The molecule has 2 unspecified atom stereocenters. The Morgan fingerprint density at radius 2 is 1.74 bits per heavy atom. The lowest BCUT2D eigenvalue weighted by molar-refractivity contribution is -0.128. The number of aromatic amines is 1. The fraction of sp³-hybridized carbons (Fsp3) is 0.323. The quantitative estimate of drug-likeness (QED) is 0.333. The zero-order valence-electron chi connectivity index (χ0n) is 22.2. The van der Waals surface area contributed by atoms with Crippen LogP contribution in [0.4, 0.5) is 4.79 Å². The van der Waals surface area contributed by atoms with E-state index in [4.69, 9.17) is 14.5 Å². The number of fused-ring (bicyclic) bond motifs is 1. The number of nitrogens with one attached hydrogen (secondary N) is 1. The summed E-state index contributed by atoms with van der Waals surface area (Å²) in [4.78, 5) is 35.9. The van der Waals surface area contributed by atoms with Crippen molar-refractivity contribution in [2.75, 3.05) is 13.7 Å².